The predicted octanol–water partition coefficient (Wildman–Crippen LogP) is 5.58. The lowest BCUT2D eigenvalue weighted by Crippen LogP contribution is -2.02. The van der Waals surface area contributed by atoms with E-state index < -0.39 is 0 Å². The van der Waals surface area contributed by atoms with E-state index in [2.05, 4.69) is 45.9 Å². The molecule has 0 spiro atoms. The number of ether oxygens (including phenoxy) is 1. The van der Waals surface area contributed by atoms with Gasteiger partial charge in [0.2, 0.25) is 0 Å². The summed E-state index contributed by atoms with van der Waals surface area (Å²) >= 11 is 0. The van der Waals surface area contributed by atoms with E-state index in [-0.39, 0.29) is 5.97 Å². The Labute approximate surface area is 145 Å². The Morgan fingerprint density at radius 1 is 1.04 bits per heavy atom. The van der Waals surface area contributed by atoms with Gasteiger partial charge in [0.05, 0.1) is 12.7 Å². The molecule has 2 aromatic carbocycles. The van der Waals surface area contributed by atoms with Crippen molar-refractivity contribution < 1.29 is 9.53 Å². The quantitative estimate of drug-likeness (QED) is 0.672. The number of hydrogen-bond donors (Lipinski definition) is 0. The van der Waals surface area contributed by atoms with Crippen LogP contribution in [0.25, 0.3) is 5.57 Å². The summed E-state index contributed by atoms with van der Waals surface area (Å²) in [6.45, 7) is 8.74. The van der Waals surface area contributed by atoms with Gasteiger partial charge < -0.3 is 4.74 Å². The zero-order valence-corrected chi connectivity index (χ0v) is 15.3. The number of aryl methyl sites for hydroxylation is 1. The molecule has 24 heavy (non-hydrogen) atoms. The lowest BCUT2D eigenvalue weighted by Gasteiger charge is -2.13. The number of benzene rings is 2. The molecule has 0 atom stereocenters. The summed E-state index contributed by atoms with van der Waals surface area (Å²) in [4.78, 5) is 11.7. The number of methoxy groups -OCH3 is 1. The molecule has 0 saturated heterocycles. The Kier molecular flexibility index (Phi) is 5.97. The molecule has 2 aromatic rings. The van der Waals surface area contributed by atoms with Crippen LogP contribution in [0.5, 0.6) is 0 Å². The molecule has 0 fully saturated rings. The van der Waals surface area contributed by atoms with Gasteiger partial charge in [0.1, 0.15) is 0 Å². The lowest BCUT2D eigenvalue weighted by molar-refractivity contribution is 0.0600. The second-order valence-corrected chi connectivity index (χ2v) is 6.28. The first kappa shape index (κ1) is 18.0. The lowest BCUT2D eigenvalue weighted by atomic mass is 9.93. The summed E-state index contributed by atoms with van der Waals surface area (Å²) in [6, 6.07) is 14.3. The highest BCUT2D eigenvalue weighted by Crippen LogP contribution is 2.25. The zero-order chi connectivity index (χ0) is 17.7. The number of hydrogen-bond acceptors (Lipinski definition) is 2. The van der Waals surface area contributed by atoms with Gasteiger partial charge in [0.15, 0.2) is 0 Å². The molecule has 0 bridgehead atoms. The minimum Gasteiger partial charge on any atom is -0.465 e. The summed E-state index contributed by atoms with van der Waals surface area (Å²) in [5.74, 6) is -0.293. The average Bonchev–Trinajstić information content (AvgIpc) is 2.61. The average molecular weight is 322 g/mol. The van der Waals surface area contributed by atoms with Gasteiger partial charge in [-0.2, -0.15) is 0 Å². The maximum Gasteiger partial charge on any atom is 0.337 e. The molecule has 126 valence electrons. The predicted molar refractivity (Wildman–Crippen MR) is 100 cm³/mol. The van der Waals surface area contributed by atoms with Crippen LogP contribution in [-0.4, -0.2) is 13.1 Å². The van der Waals surface area contributed by atoms with Gasteiger partial charge in [-0.1, -0.05) is 42.8 Å². The Bertz CT molecular complexity index is 769. The van der Waals surface area contributed by atoms with E-state index in [1.165, 1.54) is 34.9 Å². The van der Waals surface area contributed by atoms with Gasteiger partial charge in [-0.25, -0.2) is 4.79 Å². The van der Waals surface area contributed by atoms with Crippen LogP contribution in [0.2, 0.25) is 0 Å². The standard InChI is InChI=1S/C22H26O2/c1-6-15(2)17(4)21-14-19(11-10-16(21)3)12-18-8-7-9-20(13-18)22(23)24-5/h7-11,13-14H,6,12H2,1-5H3/b17-15-. The molecule has 0 unspecified atom stereocenters. The van der Waals surface area contributed by atoms with Crippen LogP contribution >= 0.6 is 0 Å². The van der Waals surface area contributed by atoms with E-state index in [9.17, 15) is 4.79 Å². The molecular formula is C22H26O2. The monoisotopic (exact) mass is 322 g/mol. The number of allylic oxidation sites excluding steroid dienone is 2. The van der Waals surface area contributed by atoms with Crippen molar-refractivity contribution in [1.82, 2.24) is 0 Å². The van der Waals surface area contributed by atoms with Crippen molar-refractivity contribution in [3.63, 3.8) is 0 Å². The van der Waals surface area contributed by atoms with Crippen molar-refractivity contribution in [2.24, 2.45) is 0 Å². The largest absolute Gasteiger partial charge is 0.465 e. The van der Waals surface area contributed by atoms with Gasteiger partial charge in [-0.3, -0.25) is 0 Å². The molecule has 0 aliphatic carbocycles. The minimum absolute atomic E-state index is 0.293. The molecule has 2 rings (SSSR count). The van der Waals surface area contributed by atoms with E-state index in [1.807, 2.05) is 18.2 Å². The molecule has 2 heteroatoms. The molecule has 2 nitrogen and oxygen atoms in total. The molecule has 0 amide bonds. The van der Waals surface area contributed by atoms with Crippen molar-refractivity contribution >= 4 is 11.5 Å². The van der Waals surface area contributed by atoms with Gasteiger partial charge >= 0.3 is 5.97 Å². The van der Waals surface area contributed by atoms with E-state index >= 15 is 0 Å². The third kappa shape index (κ3) is 4.14. The molecule has 0 aliphatic heterocycles. The van der Waals surface area contributed by atoms with E-state index in [0.717, 1.165) is 18.4 Å². The summed E-state index contributed by atoms with van der Waals surface area (Å²) in [5.41, 5.74) is 8.36. The van der Waals surface area contributed by atoms with E-state index in [0.29, 0.717) is 5.56 Å². The third-order valence-electron chi connectivity index (χ3n) is 4.63. The highest BCUT2D eigenvalue weighted by molar-refractivity contribution is 5.89. The summed E-state index contributed by atoms with van der Waals surface area (Å²) in [7, 11) is 1.41. The van der Waals surface area contributed by atoms with Crippen LogP contribution in [0.1, 0.15) is 59.8 Å². The van der Waals surface area contributed by atoms with Crippen LogP contribution in [0.15, 0.2) is 48.0 Å². The Morgan fingerprint density at radius 2 is 1.75 bits per heavy atom. The van der Waals surface area contributed by atoms with E-state index in [4.69, 9.17) is 4.74 Å². The Hall–Kier alpha value is -2.35. The van der Waals surface area contributed by atoms with Gasteiger partial charge in [-0.05, 0) is 73.6 Å². The van der Waals surface area contributed by atoms with Crippen LogP contribution in [0.3, 0.4) is 0 Å². The number of carbonyl (C=O) groups excluding carboxylic acids is 1. The van der Waals surface area contributed by atoms with Crippen LogP contribution in [-0.2, 0) is 11.2 Å². The molecule has 0 aromatic heterocycles. The molecule has 0 heterocycles. The normalized spacial score (nSPS) is 11.9. The fourth-order valence-electron chi connectivity index (χ4n) is 2.84. The van der Waals surface area contributed by atoms with Crippen LogP contribution < -0.4 is 0 Å². The van der Waals surface area contributed by atoms with Crippen molar-refractivity contribution in [3.05, 3.63) is 75.9 Å². The first-order valence-electron chi connectivity index (χ1n) is 8.39. The zero-order valence-electron chi connectivity index (χ0n) is 15.3. The highest BCUT2D eigenvalue weighted by Gasteiger charge is 2.08. The molecule has 0 radical (unpaired) electrons. The van der Waals surface area contributed by atoms with Crippen LogP contribution in [0.4, 0.5) is 0 Å². The first-order chi connectivity index (χ1) is 11.5. The summed E-state index contributed by atoms with van der Waals surface area (Å²) in [5, 5.41) is 0. The smallest absolute Gasteiger partial charge is 0.337 e. The Balaban J connectivity index is 2.33. The third-order valence-corrected chi connectivity index (χ3v) is 4.63. The first-order valence-corrected chi connectivity index (χ1v) is 8.39. The van der Waals surface area contributed by atoms with E-state index in [1.54, 1.807) is 6.07 Å². The van der Waals surface area contributed by atoms with Crippen molar-refractivity contribution in [2.75, 3.05) is 7.11 Å². The summed E-state index contributed by atoms with van der Waals surface area (Å²) < 4.78 is 4.80. The topological polar surface area (TPSA) is 26.3 Å². The fourth-order valence-corrected chi connectivity index (χ4v) is 2.84. The maximum atomic E-state index is 11.7. The highest BCUT2D eigenvalue weighted by atomic mass is 16.5. The molecule has 0 aliphatic rings. The van der Waals surface area contributed by atoms with Crippen molar-refractivity contribution in [3.8, 4) is 0 Å². The Morgan fingerprint density at radius 3 is 2.42 bits per heavy atom. The molecular weight excluding hydrogens is 296 g/mol. The van der Waals surface area contributed by atoms with Crippen molar-refractivity contribution in [1.29, 1.82) is 0 Å². The number of esters is 1. The molecule has 0 N–H and O–H groups in total. The second-order valence-electron chi connectivity index (χ2n) is 6.28. The number of carbonyl (C=O) groups is 1. The second kappa shape index (κ2) is 7.96. The van der Waals surface area contributed by atoms with Gasteiger partial charge in [-0.15, -0.1) is 0 Å². The van der Waals surface area contributed by atoms with Crippen LogP contribution in [0, 0.1) is 6.92 Å². The maximum absolute atomic E-state index is 11.7. The number of rotatable bonds is 5. The molecule has 0 saturated carbocycles. The fraction of sp³-hybridized carbons (Fsp3) is 0.318. The van der Waals surface area contributed by atoms with Gasteiger partial charge in [0, 0.05) is 0 Å². The minimum atomic E-state index is -0.293. The summed E-state index contributed by atoms with van der Waals surface area (Å²) in [6.07, 6.45) is 1.87. The van der Waals surface area contributed by atoms with Gasteiger partial charge in [0.25, 0.3) is 0 Å². The van der Waals surface area contributed by atoms with Crippen molar-refractivity contribution in [2.45, 2.75) is 40.5 Å². The SMILES string of the molecule is CC/C(C)=C(/C)c1cc(Cc2cccc(C(=O)OC)c2)ccc1C.